The van der Waals surface area contributed by atoms with E-state index in [-0.39, 0.29) is 11.1 Å². The number of carbonyl (C=O) groups is 2. The maximum Gasteiger partial charge on any atom is 0.423 e. The molecule has 1 heterocycles. The highest BCUT2D eigenvalue weighted by atomic mass is 16.6. The predicted molar refractivity (Wildman–Crippen MR) is 75.5 cm³/mol. The summed E-state index contributed by atoms with van der Waals surface area (Å²) in [6, 6.07) is 4.44. The molecule has 2 rings (SSSR count). The van der Waals surface area contributed by atoms with Crippen LogP contribution in [0.3, 0.4) is 0 Å². The summed E-state index contributed by atoms with van der Waals surface area (Å²) in [5.41, 5.74) is -0.432. The fraction of sp³-hybridized carbons (Fsp3) is 0.357. The van der Waals surface area contributed by atoms with E-state index in [1.165, 1.54) is 25.3 Å². The molecule has 0 fully saturated rings. The summed E-state index contributed by atoms with van der Waals surface area (Å²) in [4.78, 5) is 38.1. The van der Waals surface area contributed by atoms with Gasteiger partial charge < -0.3 is 14.5 Å². The Labute approximate surface area is 120 Å². The van der Waals surface area contributed by atoms with Gasteiger partial charge in [0.25, 0.3) is 0 Å². The Morgan fingerprint density at radius 2 is 1.90 bits per heavy atom. The molecule has 0 aliphatic heterocycles. The average Bonchev–Trinajstić information content (AvgIpc) is 2.70. The number of ether oxygens (including phenoxy) is 2. The molecule has 0 bridgehead atoms. The van der Waals surface area contributed by atoms with Crippen molar-refractivity contribution in [2.45, 2.75) is 26.4 Å². The first-order valence-corrected chi connectivity index (χ1v) is 6.29. The normalized spacial score (nSPS) is 11.4. The molecular formula is C14H16N2O5. The van der Waals surface area contributed by atoms with Crippen LogP contribution >= 0.6 is 0 Å². The number of aromatic amines is 1. The van der Waals surface area contributed by atoms with Gasteiger partial charge in [-0.05, 0) is 39.0 Å². The van der Waals surface area contributed by atoms with Crippen LogP contribution in [0.4, 0.5) is 4.79 Å². The number of imidazole rings is 1. The standard InChI is InChI=1S/C14H16N2O5/c1-14(2,3)21-13(19)16-10-7-8(11(17)20-4)5-6-9(10)15-12(16)18/h5-7H,1-4H3,(H,15,18). The van der Waals surface area contributed by atoms with Gasteiger partial charge in [0.05, 0.1) is 23.7 Å². The summed E-state index contributed by atoms with van der Waals surface area (Å²) in [5.74, 6) is -0.554. The van der Waals surface area contributed by atoms with Crippen molar-refractivity contribution in [2.75, 3.05) is 7.11 Å². The number of aromatic nitrogens is 2. The molecule has 1 aromatic carbocycles. The van der Waals surface area contributed by atoms with Gasteiger partial charge in [-0.3, -0.25) is 0 Å². The molecule has 0 aliphatic rings. The van der Waals surface area contributed by atoms with Gasteiger partial charge in [0, 0.05) is 0 Å². The Balaban J connectivity index is 2.57. The molecule has 0 unspecified atom stereocenters. The maximum absolute atomic E-state index is 12.1. The number of nitrogens with one attached hydrogen (secondary N) is 1. The van der Waals surface area contributed by atoms with E-state index in [1.54, 1.807) is 20.8 Å². The summed E-state index contributed by atoms with van der Waals surface area (Å²) < 4.78 is 10.7. The van der Waals surface area contributed by atoms with Crippen LogP contribution < -0.4 is 5.69 Å². The largest absolute Gasteiger partial charge is 0.465 e. The van der Waals surface area contributed by atoms with Crippen molar-refractivity contribution in [3.8, 4) is 0 Å². The fourth-order valence-electron chi connectivity index (χ4n) is 1.84. The Kier molecular flexibility index (Phi) is 3.59. The zero-order valence-corrected chi connectivity index (χ0v) is 12.2. The fourth-order valence-corrected chi connectivity index (χ4v) is 1.84. The topological polar surface area (TPSA) is 90.4 Å². The molecule has 0 aliphatic carbocycles. The van der Waals surface area contributed by atoms with Gasteiger partial charge in [-0.25, -0.2) is 14.4 Å². The Bertz CT molecular complexity index is 764. The number of rotatable bonds is 1. The lowest BCUT2D eigenvalue weighted by atomic mass is 10.2. The molecule has 112 valence electrons. The van der Waals surface area contributed by atoms with E-state index in [2.05, 4.69) is 9.72 Å². The van der Waals surface area contributed by atoms with Crippen LogP contribution in [0.15, 0.2) is 23.0 Å². The molecule has 0 radical (unpaired) electrons. The number of H-pyrrole nitrogens is 1. The number of carbonyl (C=O) groups excluding carboxylic acids is 2. The minimum Gasteiger partial charge on any atom is -0.465 e. The van der Waals surface area contributed by atoms with E-state index in [4.69, 9.17) is 4.74 Å². The number of benzene rings is 1. The molecule has 0 spiro atoms. The average molecular weight is 292 g/mol. The van der Waals surface area contributed by atoms with Crippen LogP contribution in [0.1, 0.15) is 31.1 Å². The molecule has 21 heavy (non-hydrogen) atoms. The zero-order valence-electron chi connectivity index (χ0n) is 12.2. The third-order valence-corrected chi connectivity index (χ3v) is 2.68. The highest BCUT2D eigenvalue weighted by Crippen LogP contribution is 2.16. The van der Waals surface area contributed by atoms with Gasteiger partial charge in [0.1, 0.15) is 5.60 Å². The summed E-state index contributed by atoms with van der Waals surface area (Å²) >= 11 is 0. The van der Waals surface area contributed by atoms with E-state index in [9.17, 15) is 14.4 Å². The van der Waals surface area contributed by atoms with Gasteiger partial charge in [0.2, 0.25) is 0 Å². The van der Waals surface area contributed by atoms with Gasteiger partial charge in [-0.2, -0.15) is 4.57 Å². The third-order valence-electron chi connectivity index (χ3n) is 2.68. The van der Waals surface area contributed by atoms with Crippen molar-refractivity contribution in [3.05, 3.63) is 34.2 Å². The number of esters is 1. The Hall–Kier alpha value is -2.57. The SMILES string of the molecule is COC(=O)c1ccc2[nH]c(=O)n(C(=O)OC(C)(C)C)c2c1. The van der Waals surface area contributed by atoms with Crippen LogP contribution in [0.2, 0.25) is 0 Å². The maximum atomic E-state index is 12.1. The van der Waals surface area contributed by atoms with Gasteiger partial charge in [-0.1, -0.05) is 0 Å². The molecule has 2 aromatic rings. The monoisotopic (exact) mass is 292 g/mol. The second-order valence-electron chi connectivity index (χ2n) is 5.47. The van der Waals surface area contributed by atoms with Crippen LogP contribution in [0, 0.1) is 0 Å². The predicted octanol–water partition coefficient (Wildman–Crippen LogP) is 1.90. The summed E-state index contributed by atoms with van der Waals surface area (Å²) in [5, 5.41) is 0. The van der Waals surface area contributed by atoms with Crippen LogP contribution in [-0.2, 0) is 9.47 Å². The highest BCUT2D eigenvalue weighted by molar-refractivity contribution is 5.95. The van der Waals surface area contributed by atoms with Crippen molar-refractivity contribution in [1.82, 2.24) is 9.55 Å². The van der Waals surface area contributed by atoms with Gasteiger partial charge in [-0.15, -0.1) is 0 Å². The van der Waals surface area contributed by atoms with Crippen molar-refractivity contribution in [3.63, 3.8) is 0 Å². The van der Waals surface area contributed by atoms with E-state index in [0.717, 1.165) is 4.57 Å². The van der Waals surface area contributed by atoms with E-state index >= 15 is 0 Å². The molecule has 1 N–H and O–H groups in total. The molecule has 0 atom stereocenters. The van der Waals surface area contributed by atoms with Crippen LogP contribution in [0.25, 0.3) is 11.0 Å². The van der Waals surface area contributed by atoms with Crippen molar-refractivity contribution in [1.29, 1.82) is 0 Å². The van der Waals surface area contributed by atoms with Crippen LogP contribution in [0.5, 0.6) is 0 Å². The Morgan fingerprint density at radius 1 is 1.24 bits per heavy atom. The highest BCUT2D eigenvalue weighted by Gasteiger charge is 2.22. The summed E-state index contributed by atoms with van der Waals surface area (Å²) in [6.45, 7) is 5.10. The molecular weight excluding hydrogens is 276 g/mol. The zero-order chi connectivity index (χ0) is 15.8. The lowest BCUT2D eigenvalue weighted by Gasteiger charge is -2.19. The second kappa shape index (κ2) is 5.08. The summed E-state index contributed by atoms with van der Waals surface area (Å²) in [7, 11) is 1.25. The summed E-state index contributed by atoms with van der Waals surface area (Å²) in [6.07, 6.45) is -0.805. The first-order chi connectivity index (χ1) is 9.73. The van der Waals surface area contributed by atoms with E-state index in [0.29, 0.717) is 5.52 Å². The van der Waals surface area contributed by atoms with Gasteiger partial charge in [0.15, 0.2) is 0 Å². The van der Waals surface area contributed by atoms with Crippen molar-refractivity contribution in [2.24, 2.45) is 0 Å². The molecule has 7 heteroatoms. The van der Waals surface area contributed by atoms with Crippen LogP contribution in [-0.4, -0.2) is 34.3 Å². The third kappa shape index (κ3) is 2.96. The number of fused-ring (bicyclic) bond motifs is 1. The minimum absolute atomic E-state index is 0.237. The molecule has 0 saturated heterocycles. The second-order valence-corrected chi connectivity index (χ2v) is 5.47. The first kappa shape index (κ1) is 14.8. The Morgan fingerprint density at radius 3 is 2.48 bits per heavy atom. The number of hydrogen-bond donors (Lipinski definition) is 1. The van der Waals surface area contributed by atoms with E-state index < -0.39 is 23.4 Å². The van der Waals surface area contributed by atoms with Crippen molar-refractivity contribution >= 4 is 23.1 Å². The van der Waals surface area contributed by atoms with E-state index in [1.807, 2.05) is 0 Å². The van der Waals surface area contributed by atoms with Gasteiger partial charge >= 0.3 is 17.8 Å². The first-order valence-electron chi connectivity index (χ1n) is 6.29. The minimum atomic E-state index is -0.805. The molecule has 1 aromatic heterocycles. The lowest BCUT2D eigenvalue weighted by molar-refractivity contribution is 0.0535. The number of methoxy groups -OCH3 is 1. The quantitative estimate of drug-likeness (QED) is 0.811. The number of hydrogen-bond acceptors (Lipinski definition) is 5. The lowest BCUT2D eigenvalue weighted by Crippen LogP contribution is -2.32. The van der Waals surface area contributed by atoms with Crippen molar-refractivity contribution < 1.29 is 19.1 Å². The molecule has 0 amide bonds. The number of nitrogens with zero attached hydrogens (tertiary/aromatic N) is 1. The smallest absolute Gasteiger partial charge is 0.423 e. The molecule has 7 nitrogen and oxygen atoms in total. The molecule has 0 saturated carbocycles.